The Kier molecular flexibility index (Phi) is 7.54. The van der Waals surface area contributed by atoms with Gasteiger partial charge in [0.2, 0.25) is 5.91 Å². The number of methoxy groups -OCH3 is 2. The molecule has 7 heteroatoms. The number of carbonyl (C=O) groups is 1. The number of para-hydroxylation sites is 2. The van der Waals surface area contributed by atoms with Crippen molar-refractivity contribution in [3.05, 3.63) is 89.4 Å². The number of aromatic amines is 1. The van der Waals surface area contributed by atoms with E-state index in [-0.39, 0.29) is 17.6 Å². The first-order chi connectivity index (χ1) is 18.5. The number of piperazine rings is 1. The lowest BCUT2D eigenvalue weighted by atomic mass is 9.86. The summed E-state index contributed by atoms with van der Waals surface area (Å²) in [4.78, 5) is 21.1. The monoisotopic (exact) mass is 515 g/mol. The SMILES string of the molecule is CCc1cccc2c([C@@H](CC(=O)N3CCN(c4ccccc4F)CC3)c3ccc(OC)cc3OC)c[nH]c12. The van der Waals surface area contributed by atoms with Crippen LogP contribution in [0.25, 0.3) is 10.9 Å². The summed E-state index contributed by atoms with van der Waals surface area (Å²) in [6, 6.07) is 18.9. The zero-order valence-corrected chi connectivity index (χ0v) is 22.2. The molecule has 0 unspecified atom stereocenters. The molecule has 2 heterocycles. The molecule has 0 radical (unpaired) electrons. The number of halogens is 1. The van der Waals surface area contributed by atoms with Gasteiger partial charge in [0.05, 0.1) is 19.9 Å². The first-order valence-corrected chi connectivity index (χ1v) is 13.1. The fraction of sp³-hybridized carbons (Fsp3) is 0.323. The van der Waals surface area contributed by atoms with Gasteiger partial charge in [-0.05, 0) is 35.7 Å². The number of hydrogen-bond donors (Lipinski definition) is 1. The molecule has 1 atom stereocenters. The molecule has 0 aliphatic carbocycles. The molecule has 5 rings (SSSR count). The minimum atomic E-state index is -0.232. The summed E-state index contributed by atoms with van der Waals surface area (Å²) in [7, 11) is 3.27. The van der Waals surface area contributed by atoms with Crippen LogP contribution in [0.2, 0.25) is 0 Å². The zero-order valence-electron chi connectivity index (χ0n) is 22.2. The standard InChI is InChI=1S/C31H34FN3O3/c1-4-21-8-7-9-24-26(20-33-31(21)24)25(23-13-12-22(37-2)18-29(23)38-3)19-30(36)35-16-14-34(15-17-35)28-11-6-5-10-27(28)32/h5-13,18,20,25,33H,4,14-17,19H2,1-3H3/t25-/m0/s1. The predicted molar refractivity (Wildman–Crippen MR) is 149 cm³/mol. The van der Waals surface area contributed by atoms with Crippen molar-refractivity contribution >= 4 is 22.5 Å². The van der Waals surface area contributed by atoms with Gasteiger partial charge in [0.15, 0.2) is 0 Å². The Balaban J connectivity index is 1.44. The average molecular weight is 516 g/mol. The van der Waals surface area contributed by atoms with Crippen LogP contribution >= 0.6 is 0 Å². The molecule has 38 heavy (non-hydrogen) atoms. The number of nitrogens with one attached hydrogen (secondary N) is 1. The highest BCUT2D eigenvalue weighted by molar-refractivity contribution is 5.88. The quantitative estimate of drug-likeness (QED) is 0.324. The highest BCUT2D eigenvalue weighted by Crippen LogP contribution is 2.40. The molecule has 0 spiro atoms. The molecule has 4 aromatic rings. The van der Waals surface area contributed by atoms with Gasteiger partial charge < -0.3 is 24.3 Å². The van der Waals surface area contributed by atoms with Crippen molar-refractivity contribution < 1.29 is 18.7 Å². The van der Waals surface area contributed by atoms with Crippen LogP contribution in [0.4, 0.5) is 10.1 Å². The van der Waals surface area contributed by atoms with E-state index in [0.29, 0.717) is 49.8 Å². The number of aromatic nitrogens is 1. The molecule has 0 saturated carbocycles. The minimum absolute atomic E-state index is 0.0713. The second-order valence-electron chi connectivity index (χ2n) is 9.62. The van der Waals surface area contributed by atoms with Gasteiger partial charge in [-0.15, -0.1) is 0 Å². The molecular formula is C31H34FN3O3. The average Bonchev–Trinajstić information content (AvgIpc) is 3.40. The lowest BCUT2D eigenvalue weighted by Crippen LogP contribution is -2.49. The molecule has 1 aromatic heterocycles. The van der Waals surface area contributed by atoms with Crippen LogP contribution < -0.4 is 14.4 Å². The van der Waals surface area contributed by atoms with Gasteiger partial charge in [-0.3, -0.25) is 4.79 Å². The van der Waals surface area contributed by atoms with Crippen molar-refractivity contribution in [3.8, 4) is 11.5 Å². The van der Waals surface area contributed by atoms with Crippen molar-refractivity contribution in [3.63, 3.8) is 0 Å². The molecule has 3 aromatic carbocycles. The van der Waals surface area contributed by atoms with Crippen LogP contribution in [0.5, 0.6) is 11.5 Å². The number of ether oxygens (including phenoxy) is 2. The first kappa shape index (κ1) is 25.6. The summed E-state index contributed by atoms with van der Waals surface area (Å²) in [5, 5.41) is 1.12. The number of carbonyl (C=O) groups excluding carboxylic acids is 1. The number of aryl methyl sites for hydroxylation is 1. The van der Waals surface area contributed by atoms with Crippen molar-refractivity contribution in [1.82, 2.24) is 9.88 Å². The summed E-state index contributed by atoms with van der Waals surface area (Å²) in [5.41, 5.74) is 4.94. The second-order valence-corrected chi connectivity index (χ2v) is 9.62. The number of H-pyrrole nitrogens is 1. The van der Waals surface area contributed by atoms with E-state index in [4.69, 9.17) is 9.47 Å². The Morgan fingerprint density at radius 2 is 1.76 bits per heavy atom. The van der Waals surface area contributed by atoms with Crippen molar-refractivity contribution in [2.75, 3.05) is 45.3 Å². The van der Waals surface area contributed by atoms with E-state index >= 15 is 0 Å². The Hall–Kier alpha value is -4.00. The second kappa shape index (κ2) is 11.2. The van der Waals surface area contributed by atoms with Crippen LogP contribution in [0, 0.1) is 5.82 Å². The van der Waals surface area contributed by atoms with Gasteiger partial charge in [0, 0.05) is 67.2 Å². The normalized spacial score (nSPS) is 14.5. The Morgan fingerprint density at radius 3 is 2.47 bits per heavy atom. The molecule has 1 N–H and O–H groups in total. The number of amides is 1. The third-order valence-electron chi connectivity index (χ3n) is 7.61. The van der Waals surface area contributed by atoms with Gasteiger partial charge in [-0.1, -0.05) is 43.3 Å². The molecular weight excluding hydrogens is 481 g/mol. The van der Waals surface area contributed by atoms with Gasteiger partial charge in [0.1, 0.15) is 17.3 Å². The van der Waals surface area contributed by atoms with Crippen LogP contribution in [-0.4, -0.2) is 56.2 Å². The summed E-state index contributed by atoms with van der Waals surface area (Å²) < 4.78 is 25.5. The third-order valence-corrected chi connectivity index (χ3v) is 7.61. The van der Waals surface area contributed by atoms with Crippen LogP contribution in [0.15, 0.2) is 66.9 Å². The Labute approximate surface area is 223 Å². The van der Waals surface area contributed by atoms with Crippen LogP contribution in [0.3, 0.4) is 0 Å². The summed E-state index contributed by atoms with van der Waals surface area (Å²) in [6.07, 6.45) is 3.24. The molecule has 0 bridgehead atoms. The van der Waals surface area contributed by atoms with Crippen LogP contribution in [0.1, 0.15) is 36.0 Å². The lowest BCUT2D eigenvalue weighted by molar-refractivity contribution is -0.131. The maximum absolute atomic E-state index is 14.3. The van der Waals surface area contributed by atoms with E-state index in [9.17, 15) is 9.18 Å². The molecule has 198 valence electrons. The minimum Gasteiger partial charge on any atom is -0.497 e. The molecule has 1 fully saturated rings. The highest BCUT2D eigenvalue weighted by Gasteiger charge is 2.29. The number of rotatable bonds is 8. The van der Waals surface area contributed by atoms with E-state index in [2.05, 4.69) is 30.1 Å². The summed E-state index contributed by atoms with van der Waals surface area (Å²) >= 11 is 0. The van der Waals surface area contributed by atoms with Gasteiger partial charge in [-0.2, -0.15) is 0 Å². The molecule has 1 saturated heterocycles. The number of benzene rings is 3. The van der Waals surface area contributed by atoms with E-state index in [1.807, 2.05) is 40.3 Å². The fourth-order valence-corrected chi connectivity index (χ4v) is 5.52. The van der Waals surface area contributed by atoms with Crippen molar-refractivity contribution in [2.45, 2.75) is 25.7 Å². The van der Waals surface area contributed by atoms with Crippen molar-refractivity contribution in [2.24, 2.45) is 0 Å². The largest absolute Gasteiger partial charge is 0.497 e. The van der Waals surface area contributed by atoms with Gasteiger partial charge in [0.25, 0.3) is 0 Å². The summed E-state index contributed by atoms with van der Waals surface area (Å²) in [5.74, 6) is 1.01. The van der Waals surface area contributed by atoms with E-state index in [1.165, 1.54) is 11.6 Å². The lowest BCUT2D eigenvalue weighted by Gasteiger charge is -2.37. The number of nitrogens with zero attached hydrogens (tertiary/aromatic N) is 2. The molecule has 6 nitrogen and oxygen atoms in total. The zero-order chi connectivity index (χ0) is 26.6. The topological polar surface area (TPSA) is 57.8 Å². The van der Waals surface area contributed by atoms with Gasteiger partial charge >= 0.3 is 0 Å². The van der Waals surface area contributed by atoms with Crippen molar-refractivity contribution in [1.29, 1.82) is 0 Å². The number of fused-ring (bicyclic) bond motifs is 1. The molecule has 1 aliphatic rings. The van der Waals surface area contributed by atoms with E-state index < -0.39 is 0 Å². The summed E-state index contributed by atoms with van der Waals surface area (Å²) in [6.45, 7) is 4.43. The highest BCUT2D eigenvalue weighted by atomic mass is 19.1. The Bertz CT molecular complexity index is 1430. The maximum Gasteiger partial charge on any atom is 0.223 e. The van der Waals surface area contributed by atoms with Crippen LogP contribution in [-0.2, 0) is 11.2 Å². The predicted octanol–water partition coefficient (Wildman–Crippen LogP) is 5.76. The molecule has 1 amide bonds. The fourth-order valence-electron chi connectivity index (χ4n) is 5.52. The van der Waals surface area contributed by atoms with E-state index in [1.54, 1.807) is 26.4 Å². The third kappa shape index (κ3) is 4.93. The van der Waals surface area contributed by atoms with E-state index in [0.717, 1.165) is 28.5 Å². The molecule has 1 aliphatic heterocycles. The number of anilines is 1. The first-order valence-electron chi connectivity index (χ1n) is 13.1. The smallest absolute Gasteiger partial charge is 0.223 e. The maximum atomic E-state index is 14.3. The Morgan fingerprint density at radius 1 is 0.974 bits per heavy atom. The number of hydrogen-bond acceptors (Lipinski definition) is 4. The van der Waals surface area contributed by atoms with Gasteiger partial charge in [-0.25, -0.2) is 4.39 Å².